The summed E-state index contributed by atoms with van der Waals surface area (Å²) in [5.74, 6) is 0.876. The van der Waals surface area contributed by atoms with Crippen LogP contribution in [-0.2, 0) is 0 Å². The van der Waals surface area contributed by atoms with Gasteiger partial charge in [-0.3, -0.25) is 0 Å². The lowest BCUT2D eigenvalue weighted by atomic mass is 9.94. The Balaban J connectivity index is 2.04. The van der Waals surface area contributed by atoms with Gasteiger partial charge >= 0.3 is 0 Å². The second-order valence-corrected chi connectivity index (χ2v) is 3.41. The van der Waals surface area contributed by atoms with Crippen LogP contribution in [0.2, 0.25) is 0 Å². The molecule has 2 N–H and O–H groups in total. The molecule has 0 aliphatic carbocycles. The number of aliphatic hydroxyl groups is 1. The summed E-state index contributed by atoms with van der Waals surface area (Å²) in [6, 6.07) is 0. The van der Waals surface area contributed by atoms with Gasteiger partial charge in [-0.05, 0) is 44.7 Å². The second kappa shape index (κ2) is 6.21. The molecule has 0 unspecified atom stereocenters. The maximum absolute atomic E-state index is 8.54. The highest BCUT2D eigenvalue weighted by molar-refractivity contribution is 4.85. The van der Waals surface area contributed by atoms with Gasteiger partial charge in [-0.25, -0.2) is 0 Å². The fourth-order valence-corrected chi connectivity index (χ4v) is 1.60. The SMILES string of the molecule is OCC/C=C\CC1CCNCC1. The van der Waals surface area contributed by atoms with Gasteiger partial charge in [-0.2, -0.15) is 0 Å². The predicted octanol–water partition coefficient (Wildman–Crippen LogP) is 1.31. The average molecular weight is 169 g/mol. The van der Waals surface area contributed by atoms with E-state index in [0.717, 1.165) is 12.3 Å². The Labute approximate surface area is 74.7 Å². The molecule has 0 spiro atoms. The minimum absolute atomic E-state index is 0.280. The molecule has 12 heavy (non-hydrogen) atoms. The first-order valence-electron chi connectivity index (χ1n) is 4.90. The molecule has 0 saturated carbocycles. The van der Waals surface area contributed by atoms with E-state index < -0.39 is 0 Å². The van der Waals surface area contributed by atoms with Crippen molar-refractivity contribution in [1.82, 2.24) is 5.32 Å². The number of allylic oxidation sites excluding steroid dienone is 1. The van der Waals surface area contributed by atoms with Crippen molar-refractivity contribution in [3.05, 3.63) is 12.2 Å². The van der Waals surface area contributed by atoms with Gasteiger partial charge in [-0.15, -0.1) is 0 Å². The van der Waals surface area contributed by atoms with Crippen LogP contribution < -0.4 is 5.32 Å². The fourth-order valence-electron chi connectivity index (χ4n) is 1.60. The smallest absolute Gasteiger partial charge is 0.0465 e. The summed E-state index contributed by atoms with van der Waals surface area (Å²) in [7, 11) is 0. The van der Waals surface area contributed by atoms with Crippen molar-refractivity contribution < 1.29 is 5.11 Å². The van der Waals surface area contributed by atoms with Crippen molar-refractivity contribution in [2.45, 2.75) is 25.7 Å². The van der Waals surface area contributed by atoms with E-state index >= 15 is 0 Å². The first-order valence-corrected chi connectivity index (χ1v) is 4.90. The lowest BCUT2D eigenvalue weighted by Crippen LogP contribution is -2.27. The molecule has 0 aromatic heterocycles. The highest BCUT2D eigenvalue weighted by Crippen LogP contribution is 2.15. The van der Waals surface area contributed by atoms with Gasteiger partial charge in [0, 0.05) is 6.61 Å². The number of aliphatic hydroxyl groups excluding tert-OH is 1. The number of hydrogen-bond acceptors (Lipinski definition) is 2. The molecule has 0 aromatic rings. The largest absolute Gasteiger partial charge is 0.396 e. The quantitative estimate of drug-likeness (QED) is 0.622. The third kappa shape index (κ3) is 3.88. The van der Waals surface area contributed by atoms with Crippen LogP contribution in [0.1, 0.15) is 25.7 Å². The van der Waals surface area contributed by atoms with Crippen molar-refractivity contribution >= 4 is 0 Å². The molecule has 1 fully saturated rings. The van der Waals surface area contributed by atoms with Crippen molar-refractivity contribution in [2.24, 2.45) is 5.92 Å². The first-order chi connectivity index (χ1) is 5.93. The minimum Gasteiger partial charge on any atom is -0.396 e. The van der Waals surface area contributed by atoms with E-state index in [1.807, 2.05) is 0 Å². The van der Waals surface area contributed by atoms with Crippen LogP contribution in [0.5, 0.6) is 0 Å². The highest BCUT2D eigenvalue weighted by Gasteiger charge is 2.10. The maximum Gasteiger partial charge on any atom is 0.0465 e. The molecule has 1 aliphatic rings. The van der Waals surface area contributed by atoms with E-state index in [0.29, 0.717) is 0 Å². The Hall–Kier alpha value is -0.340. The van der Waals surface area contributed by atoms with E-state index in [4.69, 9.17) is 5.11 Å². The highest BCUT2D eigenvalue weighted by atomic mass is 16.2. The van der Waals surface area contributed by atoms with Gasteiger partial charge < -0.3 is 10.4 Å². The third-order valence-corrected chi connectivity index (χ3v) is 2.39. The molecule has 70 valence electrons. The Morgan fingerprint density at radius 1 is 1.25 bits per heavy atom. The number of hydrogen-bond donors (Lipinski definition) is 2. The van der Waals surface area contributed by atoms with Crippen molar-refractivity contribution in [2.75, 3.05) is 19.7 Å². The molecule has 1 rings (SSSR count). The standard InChI is InChI=1S/C10H19NO/c12-9-3-1-2-4-10-5-7-11-8-6-10/h1-2,10-12H,3-9H2/b2-1-. The Morgan fingerprint density at radius 2 is 2.00 bits per heavy atom. The van der Waals surface area contributed by atoms with Gasteiger partial charge in [0.25, 0.3) is 0 Å². The molecule has 0 atom stereocenters. The summed E-state index contributed by atoms with van der Waals surface area (Å²) in [6.07, 6.45) is 8.92. The Bertz CT molecular complexity index is 128. The van der Waals surface area contributed by atoms with Gasteiger partial charge in [-0.1, -0.05) is 12.2 Å². The molecule has 0 bridgehead atoms. The lowest BCUT2D eigenvalue weighted by molar-refractivity contribution is 0.302. The van der Waals surface area contributed by atoms with Crippen LogP contribution in [0.4, 0.5) is 0 Å². The summed E-state index contributed by atoms with van der Waals surface area (Å²) in [4.78, 5) is 0. The Morgan fingerprint density at radius 3 is 2.67 bits per heavy atom. The van der Waals surface area contributed by atoms with Crippen LogP contribution in [0.3, 0.4) is 0 Å². The molecule has 1 heterocycles. The van der Waals surface area contributed by atoms with Crippen LogP contribution in [0.15, 0.2) is 12.2 Å². The third-order valence-electron chi connectivity index (χ3n) is 2.39. The first kappa shape index (κ1) is 9.75. The van der Waals surface area contributed by atoms with Crippen molar-refractivity contribution in [3.63, 3.8) is 0 Å². The molecular weight excluding hydrogens is 150 g/mol. The molecule has 0 aromatic carbocycles. The van der Waals surface area contributed by atoms with E-state index in [-0.39, 0.29) is 6.61 Å². The van der Waals surface area contributed by atoms with E-state index in [9.17, 15) is 0 Å². The molecular formula is C10H19NO. The summed E-state index contributed by atoms with van der Waals surface area (Å²) >= 11 is 0. The zero-order chi connectivity index (χ0) is 8.65. The van der Waals surface area contributed by atoms with Gasteiger partial charge in [0.15, 0.2) is 0 Å². The molecule has 0 amide bonds. The molecule has 1 saturated heterocycles. The van der Waals surface area contributed by atoms with E-state index in [2.05, 4.69) is 17.5 Å². The van der Waals surface area contributed by atoms with Crippen molar-refractivity contribution in [3.8, 4) is 0 Å². The van der Waals surface area contributed by atoms with Crippen LogP contribution in [-0.4, -0.2) is 24.8 Å². The van der Waals surface area contributed by atoms with E-state index in [1.165, 1.54) is 32.4 Å². The molecule has 0 radical (unpaired) electrons. The second-order valence-electron chi connectivity index (χ2n) is 3.41. The monoisotopic (exact) mass is 169 g/mol. The molecule has 1 aliphatic heterocycles. The van der Waals surface area contributed by atoms with Crippen LogP contribution in [0, 0.1) is 5.92 Å². The minimum atomic E-state index is 0.280. The number of piperidine rings is 1. The van der Waals surface area contributed by atoms with Gasteiger partial charge in [0.05, 0.1) is 0 Å². The fraction of sp³-hybridized carbons (Fsp3) is 0.800. The van der Waals surface area contributed by atoms with Crippen LogP contribution >= 0.6 is 0 Å². The zero-order valence-electron chi connectivity index (χ0n) is 7.63. The maximum atomic E-state index is 8.54. The summed E-state index contributed by atoms with van der Waals surface area (Å²) in [5.41, 5.74) is 0. The summed E-state index contributed by atoms with van der Waals surface area (Å²) in [5, 5.41) is 11.9. The summed E-state index contributed by atoms with van der Waals surface area (Å²) < 4.78 is 0. The molecule has 2 heteroatoms. The number of rotatable bonds is 4. The predicted molar refractivity (Wildman–Crippen MR) is 51.1 cm³/mol. The van der Waals surface area contributed by atoms with Gasteiger partial charge in [0.2, 0.25) is 0 Å². The summed E-state index contributed by atoms with van der Waals surface area (Å²) in [6.45, 7) is 2.64. The lowest BCUT2D eigenvalue weighted by Gasteiger charge is -2.20. The zero-order valence-corrected chi connectivity index (χ0v) is 7.63. The topological polar surface area (TPSA) is 32.3 Å². The normalized spacial score (nSPS) is 20.4. The number of nitrogens with one attached hydrogen (secondary N) is 1. The molecule has 2 nitrogen and oxygen atoms in total. The van der Waals surface area contributed by atoms with Crippen molar-refractivity contribution in [1.29, 1.82) is 0 Å². The van der Waals surface area contributed by atoms with Gasteiger partial charge in [0.1, 0.15) is 0 Å². The van der Waals surface area contributed by atoms with E-state index in [1.54, 1.807) is 0 Å². The average Bonchev–Trinajstić information content (AvgIpc) is 2.14. The van der Waals surface area contributed by atoms with Crippen LogP contribution in [0.25, 0.3) is 0 Å². The Kier molecular flexibility index (Phi) is 5.04.